The lowest BCUT2D eigenvalue weighted by Crippen LogP contribution is -2.48. The summed E-state index contributed by atoms with van der Waals surface area (Å²) in [4.78, 5) is 28.6. The molecule has 1 aliphatic heterocycles. The molecule has 0 aromatic heterocycles. The lowest BCUT2D eigenvalue weighted by atomic mass is 10.2. The average molecular weight is 495 g/mol. The van der Waals surface area contributed by atoms with Crippen LogP contribution in [0.4, 0.5) is 11.4 Å². The van der Waals surface area contributed by atoms with Gasteiger partial charge in [0, 0.05) is 38.2 Å². The third-order valence-corrected chi connectivity index (χ3v) is 5.89. The van der Waals surface area contributed by atoms with Gasteiger partial charge in [0.25, 0.3) is 5.91 Å². The van der Waals surface area contributed by atoms with Crippen LogP contribution in [0.1, 0.15) is 23.7 Å². The second kappa shape index (κ2) is 10.8. The smallest absolute Gasteiger partial charge is 0.257 e. The van der Waals surface area contributed by atoms with E-state index >= 15 is 0 Å². The standard InChI is InChI=1S/C22H24Cl2N4O3S/c1-3-19(29)28-10-8-27(9-11-28)18-7-5-4-6-17(18)25-22(32)26-21(30)14-12-15(23)20(31-2)16(24)13-14/h4-7,12-13H,3,8-11H2,1-2H3,(H2,25,26,30,32). The van der Waals surface area contributed by atoms with Gasteiger partial charge in [0.05, 0.1) is 28.5 Å². The van der Waals surface area contributed by atoms with Gasteiger partial charge in [-0.2, -0.15) is 0 Å². The summed E-state index contributed by atoms with van der Waals surface area (Å²) in [5, 5.41) is 6.35. The molecule has 2 aromatic carbocycles. The molecule has 1 heterocycles. The first kappa shape index (κ1) is 24.1. The molecule has 1 aliphatic rings. The van der Waals surface area contributed by atoms with Crippen LogP contribution in [0.25, 0.3) is 0 Å². The van der Waals surface area contributed by atoms with Crippen LogP contribution in [0, 0.1) is 0 Å². The van der Waals surface area contributed by atoms with Gasteiger partial charge in [-0.1, -0.05) is 42.3 Å². The average Bonchev–Trinajstić information content (AvgIpc) is 2.78. The summed E-state index contributed by atoms with van der Waals surface area (Å²) in [6.45, 7) is 4.64. The molecule has 3 rings (SSSR count). The maximum absolute atomic E-state index is 12.6. The van der Waals surface area contributed by atoms with Crippen molar-refractivity contribution in [3.8, 4) is 5.75 Å². The van der Waals surface area contributed by atoms with Gasteiger partial charge in [-0.05, 0) is 36.5 Å². The highest BCUT2D eigenvalue weighted by atomic mass is 35.5. The van der Waals surface area contributed by atoms with Crippen LogP contribution in [0.15, 0.2) is 36.4 Å². The number of carbonyl (C=O) groups excluding carboxylic acids is 2. The fourth-order valence-corrected chi connectivity index (χ4v) is 4.33. The summed E-state index contributed by atoms with van der Waals surface area (Å²) in [7, 11) is 1.45. The van der Waals surface area contributed by atoms with Crippen molar-refractivity contribution in [3.63, 3.8) is 0 Å². The molecule has 7 nitrogen and oxygen atoms in total. The van der Waals surface area contributed by atoms with Gasteiger partial charge in [-0.15, -0.1) is 0 Å². The fraction of sp³-hybridized carbons (Fsp3) is 0.318. The molecular formula is C22H24Cl2N4O3S. The highest BCUT2D eigenvalue weighted by molar-refractivity contribution is 7.80. The predicted octanol–water partition coefficient (Wildman–Crippen LogP) is 4.19. The first-order valence-electron chi connectivity index (χ1n) is 10.1. The normalized spacial score (nSPS) is 13.5. The van der Waals surface area contributed by atoms with Crippen molar-refractivity contribution in [2.24, 2.45) is 0 Å². The first-order valence-corrected chi connectivity index (χ1v) is 11.3. The summed E-state index contributed by atoms with van der Waals surface area (Å²) in [6.07, 6.45) is 0.511. The van der Waals surface area contributed by atoms with E-state index in [0.29, 0.717) is 38.3 Å². The lowest BCUT2D eigenvalue weighted by Gasteiger charge is -2.37. The van der Waals surface area contributed by atoms with Crippen molar-refractivity contribution in [2.45, 2.75) is 13.3 Å². The van der Waals surface area contributed by atoms with Crippen LogP contribution in [-0.2, 0) is 4.79 Å². The maximum atomic E-state index is 12.6. The number of methoxy groups -OCH3 is 1. The third kappa shape index (κ3) is 5.62. The Morgan fingerprint density at radius 1 is 1.09 bits per heavy atom. The number of halogens is 2. The molecule has 0 atom stereocenters. The van der Waals surface area contributed by atoms with Gasteiger partial charge in [-0.25, -0.2) is 0 Å². The molecule has 0 bridgehead atoms. The first-order chi connectivity index (χ1) is 15.3. The molecule has 0 aliphatic carbocycles. The zero-order chi connectivity index (χ0) is 23.3. The number of piperazine rings is 1. The number of rotatable bonds is 5. The van der Waals surface area contributed by atoms with E-state index in [2.05, 4.69) is 15.5 Å². The Balaban J connectivity index is 1.66. The summed E-state index contributed by atoms with van der Waals surface area (Å²) in [5.74, 6) is 0.0251. The molecule has 0 unspecified atom stereocenters. The Morgan fingerprint density at radius 2 is 1.72 bits per heavy atom. The van der Waals surface area contributed by atoms with E-state index in [0.717, 1.165) is 11.4 Å². The van der Waals surface area contributed by atoms with E-state index < -0.39 is 5.91 Å². The number of nitrogens with one attached hydrogen (secondary N) is 2. The third-order valence-electron chi connectivity index (χ3n) is 5.12. The number of hydrogen-bond donors (Lipinski definition) is 2. The Morgan fingerprint density at radius 3 is 2.31 bits per heavy atom. The molecular weight excluding hydrogens is 471 g/mol. The monoisotopic (exact) mass is 494 g/mol. The number of hydrogen-bond acceptors (Lipinski definition) is 5. The van der Waals surface area contributed by atoms with E-state index in [1.807, 2.05) is 36.1 Å². The van der Waals surface area contributed by atoms with Crippen molar-refractivity contribution in [3.05, 3.63) is 52.0 Å². The second-order valence-electron chi connectivity index (χ2n) is 7.12. The number of anilines is 2. The highest BCUT2D eigenvalue weighted by Gasteiger charge is 2.22. The van der Waals surface area contributed by atoms with Crippen molar-refractivity contribution >= 4 is 63.7 Å². The largest absolute Gasteiger partial charge is 0.494 e. The van der Waals surface area contributed by atoms with Crippen LogP contribution >= 0.6 is 35.4 Å². The summed E-state index contributed by atoms with van der Waals surface area (Å²) in [5.41, 5.74) is 1.97. The Bertz CT molecular complexity index is 1000. The minimum Gasteiger partial charge on any atom is -0.494 e. The SMILES string of the molecule is CCC(=O)N1CCN(c2ccccc2NC(=S)NC(=O)c2cc(Cl)c(OC)c(Cl)c2)CC1. The van der Waals surface area contributed by atoms with Crippen molar-refractivity contribution < 1.29 is 14.3 Å². The number of thiocarbonyl (C=S) groups is 1. The number of carbonyl (C=O) groups is 2. The molecule has 170 valence electrons. The predicted molar refractivity (Wildman–Crippen MR) is 132 cm³/mol. The van der Waals surface area contributed by atoms with E-state index in [1.165, 1.54) is 19.2 Å². The van der Waals surface area contributed by atoms with E-state index in [9.17, 15) is 9.59 Å². The summed E-state index contributed by atoms with van der Waals surface area (Å²) in [6, 6.07) is 10.6. The minimum absolute atomic E-state index is 0.144. The van der Waals surface area contributed by atoms with E-state index in [4.69, 9.17) is 40.2 Å². The molecule has 10 heteroatoms. The van der Waals surface area contributed by atoms with Crippen molar-refractivity contribution in [2.75, 3.05) is 43.5 Å². The molecule has 32 heavy (non-hydrogen) atoms. The van der Waals surface area contributed by atoms with Crippen LogP contribution in [0.2, 0.25) is 10.0 Å². The molecule has 2 N–H and O–H groups in total. The fourth-order valence-electron chi connectivity index (χ4n) is 3.49. The molecule has 2 aromatic rings. The molecule has 1 saturated heterocycles. The Kier molecular flexibility index (Phi) is 8.17. The van der Waals surface area contributed by atoms with E-state index in [-0.39, 0.29) is 26.6 Å². The Labute approximate surface area is 202 Å². The summed E-state index contributed by atoms with van der Waals surface area (Å²) < 4.78 is 5.11. The maximum Gasteiger partial charge on any atom is 0.257 e. The minimum atomic E-state index is -0.446. The molecule has 1 fully saturated rings. The van der Waals surface area contributed by atoms with Gasteiger partial charge in [0.15, 0.2) is 10.9 Å². The van der Waals surface area contributed by atoms with Crippen molar-refractivity contribution in [1.82, 2.24) is 10.2 Å². The Hall–Kier alpha value is -2.55. The molecule has 2 amide bonds. The van der Waals surface area contributed by atoms with Crippen LogP contribution < -0.4 is 20.3 Å². The van der Waals surface area contributed by atoms with Crippen LogP contribution in [0.3, 0.4) is 0 Å². The topological polar surface area (TPSA) is 73.9 Å². The molecule has 0 saturated carbocycles. The molecule has 0 spiro atoms. The van der Waals surface area contributed by atoms with Crippen molar-refractivity contribution in [1.29, 1.82) is 0 Å². The zero-order valence-corrected chi connectivity index (χ0v) is 20.1. The van der Waals surface area contributed by atoms with E-state index in [1.54, 1.807) is 0 Å². The highest BCUT2D eigenvalue weighted by Crippen LogP contribution is 2.34. The number of para-hydroxylation sites is 2. The zero-order valence-electron chi connectivity index (χ0n) is 17.8. The van der Waals surface area contributed by atoms with Crippen LogP contribution in [0.5, 0.6) is 5.75 Å². The number of amides is 2. The number of benzene rings is 2. The van der Waals surface area contributed by atoms with Gasteiger partial charge in [0.2, 0.25) is 5.91 Å². The van der Waals surface area contributed by atoms with Gasteiger partial charge in [0.1, 0.15) is 0 Å². The summed E-state index contributed by atoms with van der Waals surface area (Å²) >= 11 is 17.6. The molecule has 0 radical (unpaired) electrons. The van der Waals surface area contributed by atoms with Gasteiger partial charge >= 0.3 is 0 Å². The quantitative estimate of drug-likeness (QED) is 0.607. The number of nitrogens with zero attached hydrogens (tertiary/aromatic N) is 2. The second-order valence-corrected chi connectivity index (χ2v) is 8.34. The van der Waals surface area contributed by atoms with Gasteiger partial charge in [-0.3, -0.25) is 14.9 Å². The lowest BCUT2D eigenvalue weighted by molar-refractivity contribution is -0.131. The van der Waals surface area contributed by atoms with Gasteiger partial charge < -0.3 is 19.9 Å². The number of ether oxygens (including phenoxy) is 1. The van der Waals surface area contributed by atoms with Crippen LogP contribution in [-0.4, -0.2) is 55.1 Å².